The molecule has 1 unspecified atom stereocenters. The zero-order valence-electron chi connectivity index (χ0n) is 12.2. The Balaban J connectivity index is 2.01. The van der Waals surface area contributed by atoms with Crippen LogP contribution in [0.4, 0.5) is 0 Å². The fourth-order valence-electron chi connectivity index (χ4n) is 2.74. The Hall–Kier alpha value is -0.620. The number of methoxy groups -OCH3 is 1. The molecule has 1 N–H and O–H groups in total. The van der Waals surface area contributed by atoms with Crippen molar-refractivity contribution in [3.05, 3.63) is 34.9 Å². The molecule has 0 amide bonds. The standard InChI is InChI=1S/C15H22ClNO3S/c1-20-15(13-9-5-6-10-14(13)16)11-17-21(18,19)12-7-3-2-4-8-12/h5-6,9-10,12,15,17H,2-4,7-8,11H2,1H3. The molecule has 0 radical (unpaired) electrons. The molecule has 6 heteroatoms. The average Bonchev–Trinajstić information content (AvgIpc) is 2.50. The Kier molecular flexibility index (Phi) is 6.05. The Labute approximate surface area is 131 Å². The van der Waals surface area contributed by atoms with Gasteiger partial charge < -0.3 is 4.74 Å². The van der Waals surface area contributed by atoms with Crippen molar-refractivity contribution < 1.29 is 13.2 Å². The molecule has 118 valence electrons. The molecule has 2 rings (SSSR count). The summed E-state index contributed by atoms with van der Waals surface area (Å²) in [6.07, 6.45) is 4.23. The molecule has 1 saturated carbocycles. The lowest BCUT2D eigenvalue weighted by Gasteiger charge is -2.24. The lowest BCUT2D eigenvalue weighted by molar-refractivity contribution is 0.107. The SMILES string of the molecule is COC(CNS(=O)(=O)C1CCCCC1)c1ccccc1Cl. The van der Waals surface area contributed by atoms with E-state index in [2.05, 4.69) is 4.72 Å². The van der Waals surface area contributed by atoms with Gasteiger partial charge in [-0.1, -0.05) is 49.1 Å². The number of sulfonamides is 1. The summed E-state index contributed by atoms with van der Waals surface area (Å²) in [5, 5.41) is 0.316. The molecular weight excluding hydrogens is 310 g/mol. The van der Waals surface area contributed by atoms with Gasteiger partial charge in [-0.2, -0.15) is 0 Å². The van der Waals surface area contributed by atoms with Crippen molar-refractivity contribution in [2.75, 3.05) is 13.7 Å². The first-order chi connectivity index (χ1) is 10.0. The predicted molar refractivity (Wildman–Crippen MR) is 85.0 cm³/mol. The van der Waals surface area contributed by atoms with Crippen molar-refractivity contribution in [3.63, 3.8) is 0 Å². The van der Waals surface area contributed by atoms with Crippen LogP contribution in [-0.2, 0) is 14.8 Å². The van der Waals surface area contributed by atoms with Crippen LogP contribution in [0, 0.1) is 0 Å². The van der Waals surface area contributed by atoms with Gasteiger partial charge in [-0.05, 0) is 18.9 Å². The van der Waals surface area contributed by atoms with Gasteiger partial charge in [-0.3, -0.25) is 0 Å². The number of rotatable bonds is 6. The van der Waals surface area contributed by atoms with Gasteiger partial charge in [0, 0.05) is 24.2 Å². The smallest absolute Gasteiger partial charge is 0.214 e. The number of hydrogen-bond acceptors (Lipinski definition) is 3. The zero-order valence-corrected chi connectivity index (χ0v) is 13.8. The minimum absolute atomic E-state index is 0.207. The number of halogens is 1. The largest absolute Gasteiger partial charge is 0.375 e. The molecule has 4 nitrogen and oxygen atoms in total. The summed E-state index contributed by atoms with van der Waals surface area (Å²) in [6.45, 7) is 0.207. The highest BCUT2D eigenvalue weighted by atomic mass is 35.5. The summed E-state index contributed by atoms with van der Waals surface area (Å²) in [6, 6.07) is 7.33. The maximum absolute atomic E-state index is 12.3. The van der Waals surface area contributed by atoms with Crippen LogP contribution >= 0.6 is 11.6 Å². The van der Waals surface area contributed by atoms with Gasteiger partial charge in [0.25, 0.3) is 0 Å². The highest BCUT2D eigenvalue weighted by molar-refractivity contribution is 7.90. The van der Waals surface area contributed by atoms with E-state index in [0.717, 1.165) is 37.7 Å². The Morgan fingerprint density at radius 2 is 1.95 bits per heavy atom. The molecule has 0 heterocycles. The second-order valence-electron chi connectivity index (χ2n) is 5.40. The van der Waals surface area contributed by atoms with Crippen LogP contribution in [0.3, 0.4) is 0 Å². The quantitative estimate of drug-likeness (QED) is 0.870. The normalized spacial score (nSPS) is 18.6. The van der Waals surface area contributed by atoms with Crippen molar-refractivity contribution in [1.82, 2.24) is 4.72 Å². The zero-order chi connectivity index (χ0) is 15.3. The van der Waals surface area contributed by atoms with Gasteiger partial charge in [-0.15, -0.1) is 0 Å². The summed E-state index contributed by atoms with van der Waals surface area (Å²) < 4.78 is 32.7. The summed E-state index contributed by atoms with van der Waals surface area (Å²) in [5.74, 6) is 0. The molecule has 0 saturated heterocycles. The van der Waals surface area contributed by atoms with Crippen LogP contribution < -0.4 is 4.72 Å². The molecule has 1 aromatic carbocycles. The fraction of sp³-hybridized carbons (Fsp3) is 0.600. The first kappa shape index (κ1) is 16.7. The Morgan fingerprint density at radius 3 is 2.57 bits per heavy atom. The van der Waals surface area contributed by atoms with Crippen LogP contribution in [-0.4, -0.2) is 27.3 Å². The number of benzene rings is 1. The van der Waals surface area contributed by atoms with E-state index in [1.165, 1.54) is 0 Å². The second kappa shape index (κ2) is 7.58. The van der Waals surface area contributed by atoms with Crippen molar-refractivity contribution >= 4 is 21.6 Å². The molecule has 1 aromatic rings. The molecule has 0 bridgehead atoms. The summed E-state index contributed by atoms with van der Waals surface area (Å²) in [5.41, 5.74) is 0.799. The number of nitrogens with one attached hydrogen (secondary N) is 1. The molecule has 21 heavy (non-hydrogen) atoms. The van der Waals surface area contributed by atoms with Gasteiger partial charge in [0.2, 0.25) is 10.0 Å². The molecule has 1 aliphatic rings. The van der Waals surface area contributed by atoms with Crippen molar-refractivity contribution in [2.24, 2.45) is 0 Å². The molecule has 1 fully saturated rings. The van der Waals surface area contributed by atoms with Crippen LogP contribution in [0.5, 0.6) is 0 Å². The monoisotopic (exact) mass is 331 g/mol. The third-order valence-electron chi connectivity index (χ3n) is 4.00. The van der Waals surface area contributed by atoms with E-state index in [1.54, 1.807) is 13.2 Å². The van der Waals surface area contributed by atoms with Gasteiger partial charge >= 0.3 is 0 Å². The minimum atomic E-state index is -3.28. The summed E-state index contributed by atoms with van der Waals surface area (Å²) >= 11 is 6.14. The van der Waals surface area contributed by atoms with Crippen LogP contribution in [0.1, 0.15) is 43.8 Å². The Bertz CT molecular complexity index is 556. The number of ether oxygens (including phenoxy) is 1. The lowest BCUT2D eigenvalue weighted by Crippen LogP contribution is -2.38. The van der Waals surface area contributed by atoms with Gasteiger partial charge in [0.1, 0.15) is 0 Å². The van der Waals surface area contributed by atoms with E-state index in [4.69, 9.17) is 16.3 Å². The predicted octanol–water partition coefficient (Wildman–Crippen LogP) is 3.28. The first-order valence-electron chi connectivity index (χ1n) is 7.30. The fourth-order valence-corrected chi connectivity index (χ4v) is 4.57. The van der Waals surface area contributed by atoms with E-state index >= 15 is 0 Å². The molecule has 1 atom stereocenters. The topological polar surface area (TPSA) is 55.4 Å². The number of hydrogen-bond donors (Lipinski definition) is 1. The highest BCUT2D eigenvalue weighted by Gasteiger charge is 2.28. The molecule has 0 aliphatic heterocycles. The van der Waals surface area contributed by atoms with Gasteiger partial charge in [0.05, 0.1) is 11.4 Å². The van der Waals surface area contributed by atoms with E-state index < -0.39 is 10.0 Å². The van der Waals surface area contributed by atoms with Crippen LogP contribution in [0.15, 0.2) is 24.3 Å². The third-order valence-corrected chi connectivity index (χ3v) is 6.26. The van der Waals surface area contributed by atoms with Gasteiger partial charge in [0.15, 0.2) is 0 Å². The molecule has 1 aliphatic carbocycles. The summed E-state index contributed by atoms with van der Waals surface area (Å²) in [4.78, 5) is 0. The van der Waals surface area contributed by atoms with Crippen molar-refractivity contribution in [3.8, 4) is 0 Å². The highest BCUT2D eigenvalue weighted by Crippen LogP contribution is 2.26. The van der Waals surface area contributed by atoms with E-state index in [1.807, 2.05) is 18.2 Å². The molecule has 0 spiro atoms. The average molecular weight is 332 g/mol. The third kappa shape index (κ3) is 4.42. The summed E-state index contributed by atoms with van der Waals surface area (Å²) in [7, 11) is -1.72. The van der Waals surface area contributed by atoms with Crippen LogP contribution in [0.2, 0.25) is 5.02 Å². The maximum Gasteiger partial charge on any atom is 0.214 e. The van der Waals surface area contributed by atoms with Gasteiger partial charge in [-0.25, -0.2) is 13.1 Å². The van der Waals surface area contributed by atoms with Crippen molar-refractivity contribution in [2.45, 2.75) is 43.5 Å². The Morgan fingerprint density at radius 1 is 1.29 bits per heavy atom. The van der Waals surface area contributed by atoms with E-state index in [9.17, 15) is 8.42 Å². The minimum Gasteiger partial charge on any atom is -0.375 e. The van der Waals surface area contributed by atoms with E-state index in [0.29, 0.717) is 5.02 Å². The van der Waals surface area contributed by atoms with Crippen LogP contribution in [0.25, 0.3) is 0 Å². The molecular formula is C15H22ClNO3S. The van der Waals surface area contributed by atoms with Crippen molar-refractivity contribution in [1.29, 1.82) is 0 Å². The van der Waals surface area contributed by atoms with E-state index in [-0.39, 0.29) is 17.9 Å². The molecule has 0 aromatic heterocycles. The first-order valence-corrected chi connectivity index (χ1v) is 9.22. The lowest BCUT2D eigenvalue weighted by atomic mass is 10.0. The maximum atomic E-state index is 12.3. The second-order valence-corrected chi connectivity index (χ2v) is 7.85.